The molecule has 1 aromatic carbocycles. The average molecular weight is 609 g/mol. The summed E-state index contributed by atoms with van der Waals surface area (Å²) in [5.74, 6) is 1.37. The number of halogens is 1. The van der Waals surface area contributed by atoms with Crippen molar-refractivity contribution in [3.8, 4) is 16.9 Å². The molecule has 1 aliphatic carbocycles. The summed E-state index contributed by atoms with van der Waals surface area (Å²) < 4.78 is 15.9. The van der Waals surface area contributed by atoms with E-state index in [9.17, 15) is 4.79 Å². The molecule has 2 fully saturated rings. The summed E-state index contributed by atoms with van der Waals surface area (Å²) in [4.78, 5) is 21.7. The van der Waals surface area contributed by atoms with Gasteiger partial charge in [-0.05, 0) is 80.5 Å². The van der Waals surface area contributed by atoms with Crippen molar-refractivity contribution < 1.29 is 9.47 Å². The molecule has 3 aromatic heterocycles. The molecule has 1 saturated heterocycles. The molecule has 0 amide bonds. The van der Waals surface area contributed by atoms with Gasteiger partial charge in [-0.3, -0.25) is 14.6 Å². The zero-order chi connectivity index (χ0) is 30.0. The minimum absolute atomic E-state index is 0.140. The molecule has 0 radical (unpaired) electrons. The standard InChI is InChI=1S/C29H37ClN10O3/c1-18-11-31-16-29(3,43-18)22-5-7-23(8-6-22)40-15-25(27(41)36-40)35-28-32-12-21(13-33-28)20-4-9-24(30)26(10-20)42-19(2)14-39-17-34-37-38-39/h4,9-10,12-13,15,17-19,22-23,31H,5-8,11,14,16H2,1-3H3,(H,36,41)(H,32,33,35)/t18-,19?,22?,23?,29-/m1/s1. The van der Waals surface area contributed by atoms with Gasteiger partial charge in [-0.25, -0.2) is 14.6 Å². The molecule has 13 nitrogen and oxygen atoms in total. The summed E-state index contributed by atoms with van der Waals surface area (Å²) in [6, 6.07) is 5.74. The van der Waals surface area contributed by atoms with Crippen LogP contribution in [0, 0.1) is 5.92 Å². The molecule has 4 aromatic rings. The van der Waals surface area contributed by atoms with E-state index in [4.69, 9.17) is 21.1 Å². The van der Waals surface area contributed by atoms with Gasteiger partial charge in [0.05, 0.1) is 29.5 Å². The van der Waals surface area contributed by atoms with Crippen molar-refractivity contribution in [2.24, 2.45) is 5.92 Å². The lowest BCUT2D eigenvalue weighted by molar-refractivity contribution is -0.138. The van der Waals surface area contributed by atoms with Gasteiger partial charge in [0.1, 0.15) is 23.9 Å². The predicted octanol–water partition coefficient (Wildman–Crippen LogP) is 3.98. The summed E-state index contributed by atoms with van der Waals surface area (Å²) in [5.41, 5.74) is 1.69. The monoisotopic (exact) mass is 608 g/mol. The number of aromatic nitrogens is 8. The first-order valence-corrected chi connectivity index (χ1v) is 15.1. The van der Waals surface area contributed by atoms with E-state index in [1.807, 2.05) is 29.9 Å². The number of ether oxygens (including phenoxy) is 2. The SMILES string of the molecule is CC(Cn1cnnn1)Oc1cc(-c2cnc(Nc3cn(C4CCC([C@@]5(C)CNC[C@@H](C)O5)CC4)[nH]c3=O)nc2)ccc1Cl. The van der Waals surface area contributed by atoms with Crippen LogP contribution >= 0.6 is 11.6 Å². The Hall–Kier alpha value is -3.81. The quantitative estimate of drug-likeness (QED) is 0.255. The first-order valence-electron chi connectivity index (χ1n) is 14.7. The molecule has 3 atom stereocenters. The van der Waals surface area contributed by atoms with Crippen LogP contribution in [0.15, 0.2) is 47.9 Å². The Morgan fingerprint density at radius 3 is 2.72 bits per heavy atom. The third-order valence-electron chi connectivity index (χ3n) is 8.40. The van der Waals surface area contributed by atoms with Crippen molar-refractivity contribution in [3.63, 3.8) is 0 Å². The Bertz CT molecular complexity index is 1570. The Morgan fingerprint density at radius 2 is 2.00 bits per heavy atom. The Morgan fingerprint density at radius 1 is 1.21 bits per heavy atom. The van der Waals surface area contributed by atoms with E-state index in [-0.39, 0.29) is 29.4 Å². The average Bonchev–Trinajstić information content (AvgIpc) is 3.64. The zero-order valence-corrected chi connectivity index (χ0v) is 25.3. The third-order valence-corrected chi connectivity index (χ3v) is 8.71. The van der Waals surface area contributed by atoms with E-state index in [0.29, 0.717) is 34.9 Å². The molecule has 43 heavy (non-hydrogen) atoms. The fourth-order valence-corrected chi connectivity index (χ4v) is 6.34. The van der Waals surface area contributed by atoms with Crippen molar-refractivity contribution in [1.82, 2.24) is 45.3 Å². The smallest absolute Gasteiger partial charge is 0.287 e. The van der Waals surface area contributed by atoms with Crippen molar-refractivity contribution in [1.29, 1.82) is 0 Å². The van der Waals surface area contributed by atoms with Crippen molar-refractivity contribution in [3.05, 3.63) is 58.5 Å². The highest BCUT2D eigenvalue weighted by molar-refractivity contribution is 6.32. The van der Waals surface area contributed by atoms with Crippen LogP contribution in [0.4, 0.5) is 11.6 Å². The molecule has 1 unspecified atom stereocenters. The number of aromatic amines is 1. The lowest BCUT2D eigenvalue weighted by atomic mass is 9.75. The maximum Gasteiger partial charge on any atom is 0.287 e. The third kappa shape index (κ3) is 6.73. The minimum atomic E-state index is -0.213. The molecule has 1 aliphatic heterocycles. The molecule has 6 rings (SSSR count). The number of hydrogen-bond donors (Lipinski definition) is 3. The van der Waals surface area contributed by atoms with E-state index >= 15 is 0 Å². The van der Waals surface area contributed by atoms with Crippen LogP contribution in [-0.2, 0) is 11.3 Å². The number of H-pyrrole nitrogens is 1. The van der Waals surface area contributed by atoms with Gasteiger partial charge in [0.15, 0.2) is 0 Å². The normalized spacial score (nSPS) is 24.9. The molecule has 4 heterocycles. The van der Waals surface area contributed by atoms with Crippen LogP contribution in [0.3, 0.4) is 0 Å². The lowest BCUT2D eigenvalue weighted by Crippen LogP contribution is -2.55. The second-order valence-corrected chi connectivity index (χ2v) is 12.2. The summed E-state index contributed by atoms with van der Waals surface area (Å²) in [7, 11) is 0. The fraction of sp³-hybridized carbons (Fsp3) is 0.517. The van der Waals surface area contributed by atoms with E-state index in [1.165, 1.54) is 6.33 Å². The van der Waals surface area contributed by atoms with Gasteiger partial charge < -0.3 is 20.1 Å². The number of rotatable bonds is 9. The first kappa shape index (κ1) is 29.3. The zero-order valence-electron chi connectivity index (χ0n) is 24.5. The number of tetrazole rings is 1. The van der Waals surface area contributed by atoms with Crippen LogP contribution in [0.25, 0.3) is 11.1 Å². The van der Waals surface area contributed by atoms with Crippen LogP contribution in [0.1, 0.15) is 52.5 Å². The molecule has 228 valence electrons. The minimum Gasteiger partial charge on any atom is -0.487 e. The largest absolute Gasteiger partial charge is 0.487 e. The summed E-state index contributed by atoms with van der Waals surface area (Å²) >= 11 is 6.40. The number of morpholine rings is 1. The van der Waals surface area contributed by atoms with Gasteiger partial charge in [0.25, 0.3) is 5.56 Å². The second-order valence-electron chi connectivity index (χ2n) is 11.8. The number of nitrogens with one attached hydrogen (secondary N) is 3. The Kier molecular flexibility index (Phi) is 8.46. The Balaban J connectivity index is 1.07. The fourth-order valence-electron chi connectivity index (χ4n) is 6.18. The maximum atomic E-state index is 12.8. The van der Waals surface area contributed by atoms with Crippen LogP contribution in [0.2, 0.25) is 5.02 Å². The second kappa shape index (κ2) is 12.4. The van der Waals surface area contributed by atoms with Gasteiger partial charge in [0.2, 0.25) is 5.95 Å². The van der Waals surface area contributed by atoms with E-state index < -0.39 is 0 Å². The van der Waals surface area contributed by atoms with Crippen LogP contribution in [0.5, 0.6) is 5.75 Å². The van der Waals surface area contributed by atoms with Gasteiger partial charge in [-0.15, -0.1) is 5.10 Å². The number of hydrogen-bond acceptors (Lipinski definition) is 10. The highest BCUT2D eigenvalue weighted by Crippen LogP contribution is 2.40. The van der Waals surface area contributed by atoms with Crippen molar-refractivity contribution in [2.75, 3.05) is 18.4 Å². The number of anilines is 2. The van der Waals surface area contributed by atoms with Crippen LogP contribution in [-0.4, -0.2) is 70.9 Å². The maximum absolute atomic E-state index is 12.8. The molecule has 0 bridgehead atoms. The first-order chi connectivity index (χ1) is 20.8. The highest BCUT2D eigenvalue weighted by Gasteiger charge is 2.41. The molecule has 2 aliphatic rings. The number of benzene rings is 1. The highest BCUT2D eigenvalue weighted by atomic mass is 35.5. The summed E-state index contributed by atoms with van der Waals surface area (Å²) in [6.07, 6.45) is 10.8. The van der Waals surface area contributed by atoms with Gasteiger partial charge in [0, 0.05) is 37.1 Å². The van der Waals surface area contributed by atoms with Crippen LogP contribution < -0.4 is 20.9 Å². The van der Waals surface area contributed by atoms with E-state index in [0.717, 1.165) is 49.9 Å². The Labute approximate surface area is 254 Å². The van der Waals surface area contributed by atoms with Gasteiger partial charge >= 0.3 is 0 Å². The summed E-state index contributed by atoms with van der Waals surface area (Å²) in [5, 5.41) is 21.2. The topological polar surface area (TPSA) is 150 Å². The predicted molar refractivity (Wildman–Crippen MR) is 162 cm³/mol. The molecule has 0 spiro atoms. The van der Waals surface area contributed by atoms with Gasteiger partial charge in [-0.2, -0.15) is 0 Å². The molecular formula is C29H37ClN10O3. The summed E-state index contributed by atoms with van der Waals surface area (Å²) in [6.45, 7) is 8.53. The van der Waals surface area contributed by atoms with E-state index in [1.54, 1.807) is 23.1 Å². The molecular weight excluding hydrogens is 572 g/mol. The van der Waals surface area contributed by atoms with Crippen molar-refractivity contribution in [2.45, 2.75) is 76.9 Å². The molecule has 3 N–H and O–H groups in total. The lowest BCUT2D eigenvalue weighted by Gasteiger charge is -2.46. The van der Waals surface area contributed by atoms with Crippen molar-refractivity contribution >= 4 is 23.2 Å². The van der Waals surface area contributed by atoms with E-state index in [2.05, 4.69) is 55.1 Å². The molecule has 1 saturated carbocycles. The number of nitrogens with zero attached hydrogens (tertiary/aromatic N) is 7. The molecule has 14 heteroatoms. The van der Waals surface area contributed by atoms with Gasteiger partial charge in [-0.1, -0.05) is 17.7 Å².